The maximum Gasteiger partial charge on any atom is 0.337 e. The summed E-state index contributed by atoms with van der Waals surface area (Å²) < 4.78 is 68.3. The Labute approximate surface area is 186 Å². The van der Waals surface area contributed by atoms with Gasteiger partial charge in [-0.15, -0.1) is 10.2 Å². The number of aromatic nitrogens is 2. The van der Waals surface area contributed by atoms with Crippen molar-refractivity contribution in [2.45, 2.75) is 23.6 Å². The molecule has 15 heteroatoms. The van der Waals surface area contributed by atoms with Crippen molar-refractivity contribution in [2.24, 2.45) is 10.2 Å². The second-order valence-electron chi connectivity index (χ2n) is 6.77. The number of hydrogen-bond donors (Lipinski definition) is 2. The third kappa shape index (κ3) is 4.90. The summed E-state index contributed by atoms with van der Waals surface area (Å²) in [6, 6.07) is 5.77. The number of H-pyrrole nitrogens is 1. The predicted octanol–water partition coefficient (Wildman–Crippen LogP) is 1.70. The van der Waals surface area contributed by atoms with E-state index in [0.717, 1.165) is 35.0 Å². The fourth-order valence-electron chi connectivity index (χ4n) is 2.89. The molecule has 0 aliphatic carbocycles. The summed E-state index contributed by atoms with van der Waals surface area (Å²) >= 11 is 0. The van der Waals surface area contributed by atoms with Gasteiger partial charge in [0.1, 0.15) is 25.9 Å². The summed E-state index contributed by atoms with van der Waals surface area (Å²) in [7, 11) is -9.60. The molecule has 1 heterocycles. The van der Waals surface area contributed by atoms with Gasteiger partial charge in [-0.3, -0.25) is 9.89 Å². The quantitative estimate of drug-likeness (QED) is 0.376. The molecule has 1 aromatic heterocycles. The van der Waals surface area contributed by atoms with Gasteiger partial charge in [-0.2, -0.15) is 0 Å². The average Bonchev–Trinajstić information content (AvgIpc) is 2.98. The normalized spacial score (nSPS) is 12.4. The number of rotatable bonds is 6. The summed E-state index contributed by atoms with van der Waals surface area (Å²) in [5.74, 6) is -1.47. The van der Waals surface area contributed by atoms with Crippen LogP contribution in [0.1, 0.15) is 21.6 Å². The van der Waals surface area contributed by atoms with E-state index >= 15 is 0 Å². The van der Waals surface area contributed by atoms with Gasteiger partial charge in [0.05, 0.1) is 26.7 Å². The zero-order chi connectivity index (χ0) is 24.7. The van der Waals surface area contributed by atoms with Crippen LogP contribution in [0.4, 0.5) is 11.4 Å². The Balaban J connectivity index is 2.10. The van der Waals surface area contributed by atoms with Crippen molar-refractivity contribution in [3.05, 3.63) is 63.6 Å². The number of hydrogen-bond acceptors (Lipinski definition) is 10. The van der Waals surface area contributed by atoms with Crippen LogP contribution >= 0.6 is 0 Å². The lowest BCUT2D eigenvalue weighted by molar-refractivity contribution is 0.0697. The molecule has 2 aromatic carbocycles. The van der Waals surface area contributed by atoms with E-state index in [1.165, 1.54) is 19.9 Å². The molecule has 0 atom stereocenters. The van der Waals surface area contributed by atoms with Crippen LogP contribution in [-0.2, 0) is 20.2 Å². The van der Waals surface area contributed by atoms with Crippen molar-refractivity contribution >= 4 is 37.6 Å². The summed E-state index contributed by atoms with van der Waals surface area (Å²) in [5.41, 5.74) is -1.25. The van der Waals surface area contributed by atoms with Crippen LogP contribution in [0.15, 0.2) is 61.2 Å². The average molecular weight is 494 g/mol. The summed E-state index contributed by atoms with van der Waals surface area (Å²) in [4.78, 5) is 23.0. The number of nitrogens with zero attached hydrogens (tertiary/aromatic N) is 3. The van der Waals surface area contributed by atoms with Crippen molar-refractivity contribution in [1.82, 2.24) is 9.78 Å². The fraction of sp³-hybridized carbons (Fsp3) is 0.111. The molecule has 3 rings (SSSR count). The first-order valence-electron chi connectivity index (χ1n) is 8.83. The topological polar surface area (TPSA) is 214 Å². The van der Waals surface area contributed by atoms with E-state index in [9.17, 15) is 40.6 Å². The lowest BCUT2D eigenvalue weighted by atomic mass is 10.2. The predicted molar refractivity (Wildman–Crippen MR) is 109 cm³/mol. The van der Waals surface area contributed by atoms with Crippen LogP contribution in [0.25, 0.3) is 5.69 Å². The van der Waals surface area contributed by atoms with Gasteiger partial charge >= 0.3 is 5.97 Å². The Morgan fingerprint density at radius 2 is 1.55 bits per heavy atom. The van der Waals surface area contributed by atoms with Crippen LogP contribution in [0.5, 0.6) is 0 Å². The molecule has 0 fully saturated rings. The molecule has 174 valence electrons. The Bertz CT molecular complexity index is 1580. The van der Waals surface area contributed by atoms with E-state index in [4.69, 9.17) is 0 Å². The first-order chi connectivity index (χ1) is 15.2. The van der Waals surface area contributed by atoms with Gasteiger partial charge in [-0.1, -0.05) is 0 Å². The standard InChI is InChI=1S/C18H16N4O9S2/c1-9-7-11(32(26,27)28)4-6-15(9)22-17(23)16(10(2)21-22)20-19-14-8-12(33(29,30)31)3-5-13(14)18(24)25/h3-8,21H,1-2H3,(H,24,25)(H,26,27,28)(H,29,30,31)/p-2. The number of carbonyl (C=O) groups is 1. The van der Waals surface area contributed by atoms with E-state index in [-0.39, 0.29) is 22.6 Å². The van der Waals surface area contributed by atoms with E-state index < -0.39 is 52.8 Å². The number of aryl methyl sites for hydroxylation is 2. The number of aromatic amines is 1. The zero-order valence-electron chi connectivity index (χ0n) is 16.8. The minimum Gasteiger partial charge on any atom is -0.744 e. The summed E-state index contributed by atoms with van der Waals surface area (Å²) in [6.45, 7) is 2.93. The van der Waals surface area contributed by atoms with Crippen LogP contribution in [0, 0.1) is 13.8 Å². The fourth-order valence-corrected chi connectivity index (χ4v) is 3.94. The van der Waals surface area contributed by atoms with Gasteiger partial charge in [0, 0.05) is 0 Å². The Morgan fingerprint density at radius 1 is 0.970 bits per heavy atom. The second-order valence-corrected chi connectivity index (χ2v) is 9.53. The molecule has 0 unspecified atom stereocenters. The lowest BCUT2D eigenvalue weighted by Gasteiger charge is -2.11. The molecule has 0 saturated carbocycles. The van der Waals surface area contributed by atoms with Crippen molar-refractivity contribution in [3.8, 4) is 5.69 Å². The van der Waals surface area contributed by atoms with Crippen LogP contribution in [0.3, 0.4) is 0 Å². The van der Waals surface area contributed by atoms with E-state index in [1.807, 2.05) is 0 Å². The first kappa shape index (κ1) is 24.0. The Kier molecular flexibility index (Phi) is 6.08. The van der Waals surface area contributed by atoms with Gasteiger partial charge in [-0.05, 0) is 55.8 Å². The van der Waals surface area contributed by atoms with Crippen LogP contribution in [0.2, 0.25) is 0 Å². The highest BCUT2D eigenvalue weighted by molar-refractivity contribution is 7.86. The van der Waals surface area contributed by atoms with Gasteiger partial charge < -0.3 is 14.2 Å². The van der Waals surface area contributed by atoms with Gasteiger partial charge in [0.2, 0.25) is 0 Å². The summed E-state index contributed by atoms with van der Waals surface area (Å²) in [6.07, 6.45) is 0. The number of carboxylic acids is 1. The van der Waals surface area contributed by atoms with Gasteiger partial charge in [-0.25, -0.2) is 26.3 Å². The number of nitrogens with one attached hydrogen (secondary N) is 1. The molecule has 13 nitrogen and oxygen atoms in total. The minimum absolute atomic E-state index is 0.188. The first-order valence-corrected chi connectivity index (χ1v) is 11.7. The largest absolute Gasteiger partial charge is 0.744 e. The number of azo groups is 1. The van der Waals surface area contributed by atoms with Crippen molar-refractivity contribution in [2.75, 3.05) is 0 Å². The molecular weight excluding hydrogens is 480 g/mol. The lowest BCUT2D eigenvalue weighted by Crippen LogP contribution is -2.15. The van der Waals surface area contributed by atoms with E-state index in [1.54, 1.807) is 0 Å². The zero-order valence-corrected chi connectivity index (χ0v) is 18.5. The van der Waals surface area contributed by atoms with Crippen LogP contribution in [-0.4, -0.2) is 46.8 Å². The van der Waals surface area contributed by atoms with Crippen molar-refractivity contribution < 1.29 is 35.8 Å². The highest BCUT2D eigenvalue weighted by Gasteiger charge is 2.17. The molecule has 0 aliphatic rings. The molecular formula is C18H14N4O9S2-2. The third-order valence-corrected chi connectivity index (χ3v) is 6.15. The van der Waals surface area contributed by atoms with E-state index in [0.29, 0.717) is 0 Å². The SMILES string of the molecule is Cc1cc(S(=O)(=O)[O-])ccc1-n1[nH]c(C)c(N=Nc2cc(S(=O)(=O)[O-])ccc2C(=O)O)c1=O. The highest BCUT2D eigenvalue weighted by Crippen LogP contribution is 2.26. The van der Waals surface area contributed by atoms with E-state index in [2.05, 4.69) is 15.3 Å². The maximum atomic E-state index is 12.8. The number of benzene rings is 2. The maximum absolute atomic E-state index is 12.8. The second kappa shape index (κ2) is 8.36. The molecule has 0 amide bonds. The molecule has 0 radical (unpaired) electrons. The van der Waals surface area contributed by atoms with Crippen LogP contribution < -0.4 is 5.56 Å². The van der Waals surface area contributed by atoms with Crippen molar-refractivity contribution in [1.29, 1.82) is 0 Å². The Hall–Kier alpha value is -3.66. The minimum atomic E-state index is -4.90. The molecule has 0 spiro atoms. The number of aromatic carboxylic acids is 1. The molecule has 0 saturated heterocycles. The molecule has 3 aromatic rings. The highest BCUT2D eigenvalue weighted by atomic mass is 32.2. The summed E-state index contributed by atoms with van der Waals surface area (Å²) in [5, 5.41) is 19.3. The van der Waals surface area contributed by atoms with Gasteiger partial charge in [0.25, 0.3) is 5.56 Å². The molecule has 0 bridgehead atoms. The molecule has 2 N–H and O–H groups in total. The molecule has 33 heavy (non-hydrogen) atoms. The number of carboxylic acid groups (broad SMARTS) is 1. The Morgan fingerprint density at radius 3 is 2.09 bits per heavy atom. The monoisotopic (exact) mass is 494 g/mol. The smallest absolute Gasteiger partial charge is 0.337 e. The molecule has 0 aliphatic heterocycles. The van der Waals surface area contributed by atoms with Gasteiger partial charge in [0.15, 0.2) is 5.69 Å². The van der Waals surface area contributed by atoms with Crippen molar-refractivity contribution in [3.63, 3.8) is 0 Å². The third-order valence-electron chi connectivity index (χ3n) is 4.48.